The van der Waals surface area contributed by atoms with E-state index in [1.165, 1.54) is 22.3 Å². The molecular formula is C17H18N4S. The second-order valence-electron chi connectivity index (χ2n) is 5.31. The van der Waals surface area contributed by atoms with Gasteiger partial charge in [0.05, 0.1) is 5.69 Å². The molecular weight excluding hydrogens is 292 g/mol. The van der Waals surface area contributed by atoms with Gasteiger partial charge in [-0.05, 0) is 59.5 Å². The molecule has 3 rings (SSSR count). The maximum atomic E-state index is 4.17. The molecule has 0 amide bonds. The van der Waals surface area contributed by atoms with Crippen LogP contribution >= 0.6 is 11.8 Å². The van der Waals surface area contributed by atoms with E-state index in [1.54, 1.807) is 11.8 Å². The highest BCUT2D eigenvalue weighted by atomic mass is 32.2. The zero-order chi connectivity index (χ0) is 15.5. The molecule has 0 bridgehead atoms. The minimum Gasteiger partial charge on any atom is -0.187 e. The number of hydrogen-bond donors (Lipinski definition) is 0. The van der Waals surface area contributed by atoms with Crippen LogP contribution in [0.2, 0.25) is 0 Å². The van der Waals surface area contributed by atoms with Crippen LogP contribution in [0.4, 0.5) is 0 Å². The van der Waals surface area contributed by atoms with E-state index >= 15 is 0 Å². The number of thioether (sulfide) groups is 1. The molecule has 2 aromatic carbocycles. The smallest absolute Gasteiger partial charge is 0.187 e. The van der Waals surface area contributed by atoms with Crippen LogP contribution in [-0.4, -0.2) is 20.2 Å². The molecule has 0 fully saturated rings. The lowest BCUT2D eigenvalue weighted by Gasteiger charge is -2.10. The molecule has 1 heterocycles. The fourth-order valence-electron chi connectivity index (χ4n) is 2.30. The molecule has 112 valence electrons. The van der Waals surface area contributed by atoms with E-state index < -0.39 is 0 Å². The molecule has 0 aliphatic rings. The second-order valence-corrected chi connectivity index (χ2v) is 6.25. The highest BCUT2D eigenvalue weighted by Crippen LogP contribution is 2.25. The Hall–Kier alpha value is -2.14. The van der Waals surface area contributed by atoms with Crippen LogP contribution in [0, 0.1) is 20.8 Å². The standard InChI is InChI=1S/C17H18N4S/c1-12-8-6-10-16(14(12)3)21-17(18-19-20-21)22-11-15-9-5-4-7-13(15)2/h4-10H,11H2,1-3H3. The summed E-state index contributed by atoms with van der Waals surface area (Å²) in [5, 5.41) is 13.0. The van der Waals surface area contributed by atoms with E-state index in [-0.39, 0.29) is 0 Å². The van der Waals surface area contributed by atoms with Gasteiger partial charge in [0.1, 0.15) is 0 Å². The van der Waals surface area contributed by atoms with Crippen molar-refractivity contribution >= 4 is 11.8 Å². The Bertz CT molecular complexity index is 795. The van der Waals surface area contributed by atoms with Gasteiger partial charge in [0.25, 0.3) is 0 Å². The summed E-state index contributed by atoms with van der Waals surface area (Å²) in [5.41, 5.74) is 6.08. The van der Waals surface area contributed by atoms with Gasteiger partial charge in [0.15, 0.2) is 0 Å². The fourth-order valence-corrected chi connectivity index (χ4v) is 3.26. The molecule has 0 spiro atoms. The van der Waals surface area contributed by atoms with Crippen LogP contribution in [0.5, 0.6) is 0 Å². The summed E-state index contributed by atoms with van der Waals surface area (Å²) in [5.74, 6) is 0.859. The quantitative estimate of drug-likeness (QED) is 0.686. The summed E-state index contributed by atoms with van der Waals surface area (Å²) in [4.78, 5) is 0. The highest BCUT2D eigenvalue weighted by Gasteiger charge is 2.12. The van der Waals surface area contributed by atoms with Crippen molar-refractivity contribution < 1.29 is 0 Å². The third-order valence-corrected chi connectivity index (χ3v) is 4.83. The molecule has 0 saturated heterocycles. The Balaban J connectivity index is 1.87. The van der Waals surface area contributed by atoms with Gasteiger partial charge >= 0.3 is 0 Å². The highest BCUT2D eigenvalue weighted by molar-refractivity contribution is 7.98. The monoisotopic (exact) mass is 310 g/mol. The van der Waals surface area contributed by atoms with Gasteiger partial charge in [-0.2, -0.15) is 4.68 Å². The molecule has 0 radical (unpaired) electrons. The minimum atomic E-state index is 0.817. The Morgan fingerprint density at radius 2 is 1.73 bits per heavy atom. The van der Waals surface area contributed by atoms with Crippen LogP contribution in [-0.2, 0) is 5.75 Å². The zero-order valence-electron chi connectivity index (χ0n) is 12.9. The predicted molar refractivity (Wildman–Crippen MR) is 89.4 cm³/mol. The number of aromatic nitrogens is 4. The topological polar surface area (TPSA) is 43.6 Å². The molecule has 0 unspecified atom stereocenters. The lowest BCUT2D eigenvalue weighted by molar-refractivity contribution is 0.751. The van der Waals surface area contributed by atoms with E-state index in [4.69, 9.17) is 0 Å². The summed E-state index contributed by atoms with van der Waals surface area (Å²) in [6, 6.07) is 14.6. The Morgan fingerprint density at radius 3 is 2.55 bits per heavy atom. The molecule has 22 heavy (non-hydrogen) atoms. The molecule has 3 aromatic rings. The molecule has 5 heteroatoms. The van der Waals surface area contributed by atoms with Crippen molar-refractivity contribution in [1.82, 2.24) is 20.2 Å². The maximum Gasteiger partial charge on any atom is 0.214 e. The first kappa shape index (κ1) is 14.8. The summed E-state index contributed by atoms with van der Waals surface area (Å²) < 4.78 is 1.82. The largest absolute Gasteiger partial charge is 0.214 e. The Labute approximate surface area is 134 Å². The van der Waals surface area contributed by atoms with Gasteiger partial charge in [0, 0.05) is 5.75 Å². The first-order valence-corrected chi connectivity index (χ1v) is 8.17. The number of aryl methyl sites for hydroxylation is 2. The number of tetrazole rings is 1. The Kier molecular flexibility index (Phi) is 4.24. The third-order valence-electron chi connectivity index (χ3n) is 3.86. The van der Waals surface area contributed by atoms with Crippen molar-refractivity contribution in [2.24, 2.45) is 0 Å². The molecule has 0 N–H and O–H groups in total. The lowest BCUT2D eigenvalue weighted by Crippen LogP contribution is -2.02. The molecule has 0 saturated carbocycles. The minimum absolute atomic E-state index is 0.817. The van der Waals surface area contributed by atoms with Gasteiger partial charge in [-0.3, -0.25) is 0 Å². The van der Waals surface area contributed by atoms with E-state index in [2.05, 4.69) is 72.7 Å². The molecule has 0 atom stereocenters. The zero-order valence-corrected chi connectivity index (χ0v) is 13.8. The van der Waals surface area contributed by atoms with Crippen molar-refractivity contribution in [3.05, 3.63) is 64.7 Å². The summed E-state index contributed by atoms with van der Waals surface area (Å²) in [6.07, 6.45) is 0. The average Bonchev–Trinajstić information content (AvgIpc) is 2.97. The predicted octanol–water partition coefficient (Wildman–Crippen LogP) is 3.88. The van der Waals surface area contributed by atoms with Crippen LogP contribution in [0.15, 0.2) is 47.6 Å². The normalized spacial score (nSPS) is 10.9. The maximum absolute atomic E-state index is 4.17. The SMILES string of the molecule is Cc1ccccc1CSc1nnnn1-c1cccc(C)c1C. The number of nitrogens with zero attached hydrogens (tertiary/aromatic N) is 4. The third kappa shape index (κ3) is 2.90. The molecule has 4 nitrogen and oxygen atoms in total. The van der Waals surface area contributed by atoms with Gasteiger partial charge in [-0.25, -0.2) is 0 Å². The van der Waals surface area contributed by atoms with E-state index in [0.29, 0.717) is 0 Å². The van der Waals surface area contributed by atoms with Gasteiger partial charge in [-0.1, -0.05) is 48.2 Å². The van der Waals surface area contributed by atoms with Crippen LogP contribution in [0.1, 0.15) is 22.3 Å². The first-order valence-electron chi connectivity index (χ1n) is 7.19. The van der Waals surface area contributed by atoms with E-state index in [1.807, 2.05) is 10.7 Å². The van der Waals surface area contributed by atoms with Crippen molar-refractivity contribution in [3.8, 4) is 5.69 Å². The average molecular weight is 310 g/mol. The lowest BCUT2D eigenvalue weighted by atomic mass is 10.1. The summed E-state index contributed by atoms with van der Waals surface area (Å²) >= 11 is 1.66. The molecule has 1 aromatic heterocycles. The van der Waals surface area contributed by atoms with Gasteiger partial charge < -0.3 is 0 Å². The molecule has 0 aliphatic carbocycles. The van der Waals surface area contributed by atoms with Crippen molar-refractivity contribution in [2.45, 2.75) is 31.7 Å². The van der Waals surface area contributed by atoms with Gasteiger partial charge in [0.2, 0.25) is 5.16 Å². The van der Waals surface area contributed by atoms with Crippen LogP contribution in [0.25, 0.3) is 5.69 Å². The second kappa shape index (κ2) is 6.32. The first-order chi connectivity index (χ1) is 10.7. The summed E-state index contributed by atoms with van der Waals surface area (Å²) in [7, 11) is 0. The van der Waals surface area contributed by atoms with E-state index in [0.717, 1.165) is 16.6 Å². The van der Waals surface area contributed by atoms with Crippen molar-refractivity contribution in [2.75, 3.05) is 0 Å². The van der Waals surface area contributed by atoms with Crippen molar-refractivity contribution in [3.63, 3.8) is 0 Å². The Morgan fingerprint density at radius 1 is 0.955 bits per heavy atom. The fraction of sp³-hybridized carbons (Fsp3) is 0.235. The van der Waals surface area contributed by atoms with E-state index in [9.17, 15) is 0 Å². The van der Waals surface area contributed by atoms with Crippen molar-refractivity contribution in [1.29, 1.82) is 0 Å². The number of rotatable bonds is 4. The van der Waals surface area contributed by atoms with Crippen LogP contribution in [0.3, 0.4) is 0 Å². The molecule has 0 aliphatic heterocycles. The number of benzene rings is 2. The van der Waals surface area contributed by atoms with Gasteiger partial charge in [-0.15, -0.1) is 5.10 Å². The van der Waals surface area contributed by atoms with Crippen LogP contribution < -0.4 is 0 Å². The summed E-state index contributed by atoms with van der Waals surface area (Å²) in [6.45, 7) is 6.33. The number of hydrogen-bond acceptors (Lipinski definition) is 4.